The summed E-state index contributed by atoms with van der Waals surface area (Å²) in [6, 6.07) is 20.5. The number of hydrogen-bond donors (Lipinski definition) is 4. The van der Waals surface area contributed by atoms with Crippen molar-refractivity contribution >= 4 is 0 Å². The topological polar surface area (TPSA) is 103 Å². The fourth-order valence-corrected chi connectivity index (χ4v) is 4.10. The van der Waals surface area contributed by atoms with E-state index in [-0.39, 0.29) is 18.5 Å². The maximum Gasteiger partial charge on any atom is 0.108 e. The van der Waals surface area contributed by atoms with Crippen LogP contribution >= 0.6 is 0 Å². The molecule has 2 heterocycles. The van der Waals surface area contributed by atoms with Gasteiger partial charge in [-0.3, -0.25) is 4.68 Å². The molecule has 7 heteroatoms. The molecule has 4 atom stereocenters. The first kappa shape index (κ1) is 20.7. The number of rotatable bonds is 7. The number of aliphatic hydroxyl groups excluding tert-OH is 3. The Morgan fingerprint density at radius 3 is 2.20 bits per heavy atom. The highest BCUT2D eigenvalue weighted by atomic mass is 16.4. The Kier molecular flexibility index (Phi) is 6.54. The van der Waals surface area contributed by atoms with Gasteiger partial charge in [0.25, 0.3) is 0 Å². The predicted octanol–water partition coefficient (Wildman–Crippen LogP) is 1.10. The number of piperidine rings is 1. The first-order chi connectivity index (χ1) is 14.6. The van der Waals surface area contributed by atoms with E-state index < -0.39 is 18.3 Å². The number of nitrogens with zero attached hydrogens (tertiary/aromatic N) is 3. The minimum absolute atomic E-state index is 0.243. The Bertz CT molecular complexity index is 879. The Morgan fingerprint density at radius 2 is 1.57 bits per heavy atom. The molecule has 4 N–H and O–H groups in total. The molecule has 7 nitrogen and oxygen atoms in total. The second kappa shape index (κ2) is 9.49. The summed E-state index contributed by atoms with van der Waals surface area (Å²) in [7, 11) is 0. The van der Waals surface area contributed by atoms with Crippen LogP contribution < -0.4 is 5.32 Å². The summed E-state index contributed by atoms with van der Waals surface area (Å²) in [6.45, 7) is 0.955. The van der Waals surface area contributed by atoms with Gasteiger partial charge in [0, 0.05) is 37.7 Å². The van der Waals surface area contributed by atoms with Crippen LogP contribution in [0.1, 0.15) is 29.2 Å². The molecule has 30 heavy (non-hydrogen) atoms. The molecule has 0 bridgehead atoms. The smallest absolute Gasteiger partial charge is 0.108 e. The molecule has 4 rings (SSSR count). The lowest BCUT2D eigenvalue weighted by Crippen LogP contribution is -2.60. The van der Waals surface area contributed by atoms with Crippen molar-refractivity contribution in [1.82, 2.24) is 20.3 Å². The average Bonchev–Trinajstić information content (AvgIpc) is 3.23. The molecule has 158 valence electrons. The summed E-state index contributed by atoms with van der Waals surface area (Å²) in [5.41, 5.74) is 3.28. The zero-order valence-electron chi connectivity index (χ0n) is 16.7. The van der Waals surface area contributed by atoms with Crippen LogP contribution in [0.4, 0.5) is 0 Å². The van der Waals surface area contributed by atoms with Crippen LogP contribution in [0.25, 0.3) is 0 Å². The van der Waals surface area contributed by atoms with Crippen molar-refractivity contribution in [1.29, 1.82) is 0 Å². The molecular weight excluding hydrogens is 380 g/mol. The summed E-state index contributed by atoms with van der Waals surface area (Å²) in [5, 5.41) is 41.2. The second-order valence-corrected chi connectivity index (χ2v) is 7.90. The summed E-state index contributed by atoms with van der Waals surface area (Å²) in [4.78, 5) is 0. The molecule has 1 aliphatic heterocycles. The van der Waals surface area contributed by atoms with Crippen molar-refractivity contribution in [2.75, 3.05) is 6.54 Å². The molecule has 0 unspecified atom stereocenters. The van der Waals surface area contributed by atoms with Gasteiger partial charge in [-0.25, -0.2) is 0 Å². The number of aryl methyl sites for hydroxylation is 1. The van der Waals surface area contributed by atoms with Gasteiger partial charge >= 0.3 is 0 Å². The number of aliphatic hydroxyl groups is 3. The van der Waals surface area contributed by atoms with Gasteiger partial charge in [-0.05, 0) is 17.5 Å². The van der Waals surface area contributed by atoms with Crippen LogP contribution in [0.15, 0.2) is 66.9 Å². The quantitative estimate of drug-likeness (QED) is 0.467. The first-order valence-electron chi connectivity index (χ1n) is 10.4. The van der Waals surface area contributed by atoms with E-state index in [1.165, 1.54) is 11.1 Å². The zero-order valence-corrected chi connectivity index (χ0v) is 16.7. The van der Waals surface area contributed by atoms with Crippen LogP contribution in [-0.2, 0) is 13.0 Å². The molecule has 0 amide bonds. The number of aromatic nitrogens is 3. The number of β-amino-alcohol motifs (C(OH)–C–C–N with tert-alkyl or cyclic N) is 1. The van der Waals surface area contributed by atoms with Crippen molar-refractivity contribution in [2.24, 2.45) is 0 Å². The molecule has 1 aliphatic rings. The van der Waals surface area contributed by atoms with Crippen LogP contribution in [0.2, 0.25) is 0 Å². The third kappa shape index (κ3) is 4.76. The summed E-state index contributed by atoms with van der Waals surface area (Å²) in [6.07, 6.45) is 0.0551. The standard InChI is InChI=1S/C23H28N4O3/c28-21-14-24-20(22(29)23(21)30)13-18-15-27(26-25-18)12-11-19(16-7-3-1-4-8-16)17-9-5-2-6-10-17/h1-10,15,19-24,28-30H,11-14H2/t20-,21-,22+,23+/m1/s1. The third-order valence-electron chi connectivity index (χ3n) is 5.81. The van der Waals surface area contributed by atoms with Gasteiger partial charge in [-0.15, -0.1) is 5.10 Å². The maximum absolute atomic E-state index is 10.2. The Balaban J connectivity index is 1.41. The SMILES string of the molecule is O[C@@H]1[C@@H](O)[C@@H](Cc2cn(CCC(c3ccccc3)c3ccccc3)nn2)NC[C@H]1O. The van der Waals surface area contributed by atoms with Gasteiger partial charge in [0.15, 0.2) is 0 Å². The van der Waals surface area contributed by atoms with E-state index in [9.17, 15) is 15.3 Å². The van der Waals surface area contributed by atoms with E-state index in [0.717, 1.165) is 12.1 Å². The van der Waals surface area contributed by atoms with Crippen LogP contribution in [0, 0.1) is 0 Å². The van der Waals surface area contributed by atoms with Gasteiger partial charge in [-0.2, -0.15) is 0 Å². The van der Waals surface area contributed by atoms with E-state index in [1.54, 1.807) is 0 Å². The van der Waals surface area contributed by atoms with Crippen LogP contribution in [0.3, 0.4) is 0 Å². The molecular formula is C23H28N4O3. The fraction of sp³-hybridized carbons (Fsp3) is 0.391. The monoisotopic (exact) mass is 408 g/mol. The minimum Gasteiger partial charge on any atom is -0.389 e. The highest BCUT2D eigenvalue weighted by molar-refractivity contribution is 5.32. The first-order valence-corrected chi connectivity index (χ1v) is 10.4. The minimum atomic E-state index is -1.15. The van der Waals surface area contributed by atoms with Crippen molar-refractivity contribution in [2.45, 2.75) is 49.7 Å². The Hall–Kier alpha value is -2.58. The average molecular weight is 409 g/mol. The van der Waals surface area contributed by atoms with Crippen molar-refractivity contribution in [3.05, 3.63) is 83.7 Å². The van der Waals surface area contributed by atoms with E-state index in [1.807, 2.05) is 23.0 Å². The van der Waals surface area contributed by atoms with E-state index in [0.29, 0.717) is 13.0 Å². The van der Waals surface area contributed by atoms with Gasteiger partial charge in [0.1, 0.15) is 6.10 Å². The number of nitrogens with one attached hydrogen (secondary N) is 1. The lowest BCUT2D eigenvalue weighted by atomic mass is 9.88. The van der Waals surface area contributed by atoms with Crippen molar-refractivity contribution in [3.8, 4) is 0 Å². The lowest BCUT2D eigenvalue weighted by molar-refractivity contribution is -0.0939. The maximum atomic E-state index is 10.2. The van der Waals surface area contributed by atoms with Gasteiger partial charge in [-0.1, -0.05) is 65.9 Å². The zero-order chi connectivity index (χ0) is 20.9. The highest BCUT2D eigenvalue weighted by Crippen LogP contribution is 2.28. The van der Waals surface area contributed by atoms with E-state index in [4.69, 9.17) is 0 Å². The second-order valence-electron chi connectivity index (χ2n) is 7.90. The molecule has 2 aromatic carbocycles. The van der Waals surface area contributed by atoms with Gasteiger partial charge < -0.3 is 20.6 Å². The highest BCUT2D eigenvalue weighted by Gasteiger charge is 2.36. The molecule has 0 saturated carbocycles. The summed E-state index contributed by atoms with van der Waals surface area (Å²) >= 11 is 0. The van der Waals surface area contributed by atoms with E-state index >= 15 is 0 Å². The van der Waals surface area contributed by atoms with Crippen molar-refractivity contribution in [3.63, 3.8) is 0 Å². The van der Waals surface area contributed by atoms with Gasteiger partial charge in [0.05, 0.1) is 17.9 Å². The predicted molar refractivity (Wildman–Crippen MR) is 113 cm³/mol. The fourth-order valence-electron chi connectivity index (χ4n) is 4.10. The molecule has 1 aromatic heterocycles. The lowest BCUT2D eigenvalue weighted by Gasteiger charge is -2.35. The summed E-state index contributed by atoms with van der Waals surface area (Å²) in [5.74, 6) is 0.263. The number of hydrogen-bond acceptors (Lipinski definition) is 6. The molecule has 0 aliphatic carbocycles. The molecule has 1 saturated heterocycles. The van der Waals surface area contributed by atoms with Crippen LogP contribution in [-0.4, -0.2) is 61.2 Å². The van der Waals surface area contributed by atoms with Crippen molar-refractivity contribution < 1.29 is 15.3 Å². The normalized spacial score (nSPS) is 24.3. The van der Waals surface area contributed by atoms with Crippen LogP contribution in [0.5, 0.6) is 0 Å². The molecule has 0 spiro atoms. The third-order valence-corrected chi connectivity index (χ3v) is 5.81. The van der Waals surface area contributed by atoms with E-state index in [2.05, 4.69) is 64.2 Å². The summed E-state index contributed by atoms with van der Waals surface area (Å²) < 4.78 is 1.83. The Morgan fingerprint density at radius 1 is 0.933 bits per heavy atom. The molecule has 0 radical (unpaired) electrons. The van der Waals surface area contributed by atoms with Gasteiger partial charge in [0.2, 0.25) is 0 Å². The molecule has 3 aromatic rings. The largest absolute Gasteiger partial charge is 0.389 e. The Labute approximate surface area is 176 Å². The molecule has 1 fully saturated rings. The number of benzene rings is 2.